The monoisotopic (exact) mass is 488 g/mol. The van der Waals surface area contributed by atoms with E-state index in [4.69, 9.17) is 34.8 Å². The van der Waals surface area contributed by atoms with Crippen molar-refractivity contribution < 1.29 is 9.59 Å². The molecule has 1 amide bonds. The van der Waals surface area contributed by atoms with Crippen molar-refractivity contribution in [3.05, 3.63) is 55.4 Å². The van der Waals surface area contributed by atoms with E-state index in [-0.39, 0.29) is 17.4 Å². The Morgan fingerprint density at radius 2 is 1.93 bits per heavy atom. The Balaban J connectivity index is 1.85. The third-order valence-electron chi connectivity index (χ3n) is 3.76. The molecule has 3 aromatic rings. The first kappa shape index (κ1) is 22.1. The first-order chi connectivity index (χ1) is 13.8. The maximum absolute atomic E-state index is 12.4. The first-order valence-corrected chi connectivity index (χ1v) is 11.3. The minimum absolute atomic E-state index is 0.0459. The first-order valence-electron chi connectivity index (χ1n) is 8.40. The van der Waals surface area contributed by atoms with Gasteiger partial charge in [0, 0.05) is 19.9 Å². The Morgan fingerprint density at radius 3 is 2.59 bits per heavy atom. The molecule has 0 saturated heterocycles. The number of hydrogen-bond donors (Lipinski definition) is 1. The molecule has 0 aliphatic carbocycles. The van der Waals surface area contributed by atoms with E-state index in [0.717, 1.165) is 5.69 Å². The standard InChI is InChI=1S/C18H15Cl3N4O2S2/c1-10(26)22-7-6-17-23-24-18(25(17)11-2-3-12(19)13(20)8-11)28-9-14(27)15-4-5-16(21)29-15/h2-5,8H,6-7,9H2,1H3,(H,22,26). The molecule has 0 atom stereocenters. The van der Waals surface area contributed by atoms with Crippen molar-refractivity contribution in [2.45, 2.75) is 18.5 Å². The minimum Gasteiger partial charge on any atom is -0.356 e. The lowest BCUT2D eigenvalue weighted by molar-refractivity contribution is -0.118. The third-order valence-corrected chi connectivity index (χ3v) is 6.70. The minimum atomic E-state index is -0.125. The predicted octanol–water partition coefficient (Wildman–Crippen LogP) is 4.94. The Hall–Kier alpha value is -1.58. The van der Waals surface area contributed by atoms with E-state index in [2.05, 4.69) is 15.5 Å². The summed E-state index contributed by atoms with van der Waals surface area (Å²) in [6.07, 6.45) is 0.460. The van der Waals surface area contributed by atoms with Crippen molar-refractivity contribution >= 4 is 69.6 Å². The van der Waals surface area contributed by atoms with Gasteiger partial charge in [-0.3, -0.25) is 14.2 Å². The smallest absolute Gasteiger partial charge is 0.216 e. The fraction of sp³-hybridized carbons (Fsp3) is 0.222. The Morgan fingerprint density at radius 1 is 1.14 bits per heavy atom. The van der Waals surface area contributed by atoms with Gasteiger partial charge >= 0.3 is 0 Å². The lowest BCUT2D eigenvalue weighted by Gasteiger charge is -2.11. The number of Topliss-reactive ketones (excluding diaryl/α,β-unsaturated/α-hetero) is 1. The normalized spacial score (nSPS) is 10.9. The van der Waals surface area contributed by atoms with Crippen molar-refractivity contribution in [3.8, 4) is 5.69 Å². The van der Waals surface area contributed by atoms with Crippen molar-refractivity contribution in [3.63, 3.8) is 0 Å². The SMILES string of the molecule is CC(=O)NCCc1nnc(SCC(=O)c2ccc(Cl)s2)n1-c1ccc(Cl)c(Cl)c1. The van der Waals surface area contributed by atoms with Crippen molar-refractivity contribution in [1.29, 1.82) is 0 Å². The molecule has 0 aliphatic heterocycles. The Kier molecular flexibility index (Phi) is 7.59. The van der Waals surface area contributed by atoms with Crippen LogP contribution in [0.1, 0.15) is 22.4 Å². The molecule has 0 unspecified atom stereocenters. The van der Waals surface area contributed by atoms with Gasteiger partial charge in [-0.25, -0.2) is 0 Å². The molecular weight excluding hydrogens is 475 g/mol. The highest BCUT2D eigenvalue weighted by atomic mass is 35.5. The summed E-state index contributed by atoms with van der Waals surface area (Å²) in [6, 6.07) is 8.59. The van der Waals surface area contributed by atoms with Gasteiger partial charge in [-0.15, -0.1) is 21.5 Å². The van der Waals surface area contributed by atoms with Crippen LogP contribution in [0.3, 0.4) is 0 Å². The summed E-state index contributed by atoms with van der Waals surface area (Å²) in [5, 5.41) is 12.6. The Bertz CT molecular complexity index is 1050. The molecule has 0 aliphatic rings. The van der Waals surface area contributed by atoms with E-state index in [1.54, 1.807) is 30.3 Å². The summed E-state index contributed by atoms with van der Waals surface area (Å²) in [7, 11) is 0. The van der Waals surface area contributed by atoms with Crippen LogP contribution in [0, 0.1) is 0 Å². The van der Waals surface area contributed by atoms with Crippen LogP contribution < -0.4 is 5.32 Å². The maximum atomic E-state index is 12.4. The number of amides is 1. The number of aromatic nitrogens is 3. The molecule has 0 bridgehead atoms. The van der Waals surface area contributed by atoms with Crippen LogP contribution in [0.5, 0.6) is 0 Å². The van der Waals surface area contributed by atoms with Crippen molar-refractivity contribution in [2.75, 3.05) is 12.3 Å². The molecule has 1 aromatic carbocycles. The molecule has 2 heterocycles. The van der Waals surface area contributed by atoms with E-state index in [9.17, 15) is 9.59 Å². The summed E-state index contributed by atoms with van der Waals surface area (Å²) >= 11 is 20.6. The van der Waals surface area contributed by atoms with Crippen LogP contribution >= 0.6 is 57.9 Å². The lowest BCUT2D eigenvalue weighted by atomic mass is 10.3. The number of halogens is 3. The molecule has 0 radical (unpaired) electrons. The van der Waals surface area contributed by atoms with Crippen LogP contribution in [0.25, 0.3) is 5.69 Å². The maximum Gasteiger partial charge on any atom is 0.216 e. The molecule has 152 valence electrons. The summed E-state index contributed by atoms with van der Waals surface area (Å²) in [5.74, 6) is 0.643. The van der Waals surface area contributed by atoms with E-state index >= 15 is 0 Å². The molecule has 0 fully saturated rings. The number of carbonyl (C=O) groups excluding carboxylic acids is 2. The molecule has 3 rings (SSSR count). The molecule has 11 heteroatoms. The van der Waals surface area contributed by atoms with Gasteiger partial charge in [0.25, 0.3) is 0 Å². The Labute approximate surface area is 190 Å². The number of rotatable bonds is 8. The largest absolute Gasteiger partial charge is 0.356 e. The number of hydrogen-bond acceptors (Lipinski definition) is 6. The average Bonchev–Trinajstić information content (AvgIpc) is 3.28. The number of ketones is 1. The van der Waals surface area contributed by atoms with E-state index < -0.39 is 0 Å². The van der Waals surface area contributed by atoms with Crippen LogP contribution in [0.2, 0.25) is 14.4 Å². The van der Waals surface area contributed by atoms with Gasteiger partial charge in [0.05, 0.1) is 30.7 Å². The van der Waals surface area contributed by atoms with Crippen LogP contribution in [-0.2, 0) is 11.2 Å². The molecule has 6 nitrogen and oxygen atoms in total. The summed E-state index contributed by atoms with van der Waals surface area (Å²) < 4.78 is 2.38. The molecular formula is C18H15Cl3N4O2S2. The number of thiophene rings is 1. The highest BCUT2D eigenvalue weighted by molar-refractivity contribution is 7.99. The molecule has 1 N–H and O–H groups in total. The fourth-order valence-corrected chi connectivity index (χ4v) is 4.67. The highest BCUT2D eigenvalue weighted by Gasteiger charge is 2.18. The number of nitrogens with one attached hydrogen (secondary N) is 1. The van der Waals surface area contributed by atoms with Crippen molar-refractivity contribution in [2.24, 2.45) is 0 Å². The van der Waals surface area contributed by atoms with Crippen molar-refractivity contribution in [1.82, 2.24) is 20.1 Å². The van der Waals surface area contributed by atoms with Gasteiger partial charge in [0.2, 0.25) is 5.91 Å². The quantitative estimate of drug-likeness (QED) is 0.358. The molecule has 29 heavy (non-hydrogen) atoms. The van der Waals surface area contributed by atoms with Gasteiger partial charge in [-0.1, -0.05) is 46.6 Å². The van der Waals surface area contributed by atoms with E-state index in [1.807, 2.05) is 4.57 Å². The summed E-state index contributed by atoms with van der Waals surface area (Å²) in [4.78, 5) is 24.2. The average molecular weight is 490 g/mol. The predicted molar refractivity (Wildman–Crippen MR) is 118 cm³/mol. The second kappa shape index (κ2) is 9.95. The zero-order valence-corrected chi connectivity index (χ0v) is 19.0. The second-order valence-corrected chi connectivity index (χ2v) is 9.35. The van der Waals surface area contributed by atoms with Crippen LogP contribution in [0.4, 0.5) is 0 Å². The number of thioether (sulfide) groups is 1. The zero-order valence-electron chi connectivity index (χ0n) is 15.1. The number of carbonyl (C=O) groups is 2. The third kappa shape index (κ3) is 5.73. The fourth-order valence-electron chi connectivity index (χ4n) is 2.45. The summed E-state index contributed by atoms with van der Waals surface area (Å²) in [6.45, 7) is 1.86. The van der Waals surface area contributed by atoms with E-state index in [0.29, 0.717) is 43.2 Å². The van der Waals surface area contributed by atoms with Crippen LogP contribution in [-0.4, -0.2) is 38.8 Å². The van der Waals surface area contributed by atoms with Gasteiger partial charge in [-0.05, 0) is 30.3 Å². The lowest BCUT2D eigenvalue weighted by Crippen LogP contribution is -2.23. The molecule has 0 spiro atoms. The van der Waals surface area contributed by atoms with Crippen LogP contribution in [0.15, 0.2) is 35.5 Å². The number of nitrogens with zero attached hydrogens (tertiary/aromatic N) is 3. The number of benzene rings is 1. The topological polar surface area (TPSA) is 76.9 Å². The van der Waals surface area contributed by atoms with Gasteiger partial charge < -0.3 is 5.32 Å². The van der Waals surface area contributed by atoms with Gasteiger partial charge in [-0.2, -0.15) is 0 Å². The molecule has 0 saturated carbocycles. The summed E-state index contributed by atoms with van der Waals surface area (Å²) in [5.41, 5.74) is 0.719. The second-order valence-electron chi connectivity index (χ2n) is 5.88. The molecule has 2 aromatic heterocycles. The zero-order chi connectivity index (χ0) is 21.0. The van der Waals surface area contributed by atoms with Gasteiger partial charge in [0.15, 0.2) is 10.9 Å². The highest BCUT2D eigenvalue weighted by Crippen LogP contribution is 2.29. The van der Waals surface area contributed by atoms with E-state index in [1.165, 1.54) is 30.0 Å². The van der Waals surface area contributed by atoms with Gasteiger partial charge in [0.1, 0.15) is 5.82 Å².